The van der Waals surface area contributed by atoms with Gasteiger partial charge in [-0.2, -0.15) is 5.10 Å². The molecule has 3 aromatic rings. The van der Waals surface area contributed by atoms with Crippen molar-refractivity contribution in [1.82, 2.24) is 5.43 Å². The minimum absolute atomic E-state index is 0.00535. The molecular formula is C23H19Br2N3O6. The lowest BCUT2D eigenvalue weighted by molar-refractivity contribution is -0.384. The molecule has 2 N–H and O–H groups in total. The van der Waals surface area contributed by atoms with Gasteiger partial charge in [0.2, 0.25) is 0 Å². The molecule has 0 fully saturated rings. The van der Waals surface area contributed by atoms with Gasteiger partial charge in [0, 0.05) is 16.6 Å². The fourth-order valence-electron chi connectivity index (χ4n) is 2.85. The lowest BCUT2D eigenvalue weighted by Gasteiger charge is -2.14. The highest BCUT2D eigenvalue weighted by Crippen LogP contribution is 2.37. The van der Waals surface area contributed by atoms with Crippen LogP contribution in [0.25, 0.3) is 0 Å². The summed E-state index contributed by atoms with van der Waals surface area (Å²) < 4.78 is 12.8. The highest BCUT2D eigenvalue weighted by Gasteiger charge is 2.14. The molecule has 1 amide bonds. The fraction of sp³-hybridized carbons (Fsp3) is 0.130. The summed E-state index contributed by atoms with van der Waals surface area (Å²) in [6.07, 6.45) is 1.43. The van der Waals surface area contributed by atoms with Crippen molar-refractivity contribution in [3.63, 3.8) is 0 Å². The molecule has 0 unspecified atom stereocenters. The summed E-state index contributed by atoms with van der Waals surface area (Å²) in [5.74, 6) is 0.186. The van der Waals surface area contributed by atoms with Crippen molar-refractivity contribution in [1.29, 1.82) is 0 Å². The third-order valence-electron chi connectivity index (χ3n) is 4.44. The molecule has 0 bridgehead atoms. The van der Waals surface area contributed by atoms with E-state index in [-0.39, 0.29) is 23.6 Å². The van der Waals surface area contributed by atoms with Crippen molar-refractivity contribution in [3.05, 3.63) is 90.3 Å². The average Bonchev–Trinajstić information content (AvgIpc) is 2.80. The monoisotopic (exact) mass is 591 g/mol. The van der Waals surface area contributed by atoms with Gasteiger partial charge >= 0.3 is 0 Å². The van der Waals surface area contributed by atoms with Crippen LogP contribution in [-0.4, -0.2) is 28.8 Å². The van der Waals surface area contributed by atoms with Gasteiger partial charge in [0.05, 0.1) is 27.8 Å². The van der Waals surface area contributed by atoms with Crippen molar-refractivity contribution >= 4 is 49.7 Å². The minimum Gasteiger partial charge on any atom is -0.507 e. The van der Waals surface area contributed by atoms with Gasteiger partial charge in [-0.25, -0.2) is 5.43 Å². The summed E-state index contributed by atoms with van der Waals surface area (Å²) in [7, 11) is 0. The summed E-state index contributed by atoms with van der Waals surface area (Å²) in [5.41, 5.74) is 3.84. The second kappa shape index (κ2) is 11.6. The van der Waals surface area contributed by atoms with E-state index >= 15 is 0 Å². The smallest absolute Gasteiger partial charge is 0.275 e. The molecule has 34 heavy (non-hydrogen) atoms. The first kappa shape index (κ1) is 25.2. The van der Waals surface area contributed by atoms with Crippen LogP contribution in [0, 0.1) is 10.1 Å². The number of ether oxygens (including phenoxy) is 2. The molecule has 3 aromatic carbocycles. The number of nitro groups is 1. The number of carbonyl (C=O) groups excluding carboxylic acids is 1. The summed E-state index contributed by atoms with van der Waals surface area (Å²) in [4.78, 5) is 22.6. The zero-order valence-electron chi connectivity index (χ0n) is 17.8. The highest BCUT2D eigenvalue weighted by molar-refractivity contribution is 9.10. The molecule has 0 aromatic heterocycles. The standard InChI is InChI=1S/C23H19Br2N3O6/c1-2-33-21-10-15(12-26-27-23(30)18-11-16(24)5-8-20(18)29)9-19(25)22(21)34-13-14-3-6-17(7-4-14)28(31)32/h3-12,29H,2,13H2,1H3,(H,27,30)/b26-12+. The molecule has 0 radical (unpaired) electrons. The Morgan fingerprint density at radius 2 is 1.88 bits per heavy atom. The number of phenols is 1. The SMILES string of the molecule is CCOc1cc(/C=N/NC(=O)c2cc(Br)ccc2O)cc(Br)c1OCc1ccc([N+](=O)[O-])cc1. The number of nitro benzene ring substituents is 1. The van der Waals surface area contributed by atoms with Gasteiger partial charge in [0.25, 0.3) is 11.6 Å². The van der Waals surface area contributed by atoms with Crippen molar-refractivity contribution < 1.29 is 24.3 Å². The van der Waals surface area contributed by atoms with Gasteiger partial charge in [-0.05, 0) is 76.4 Å². The number of hydrazone groups is 1. The molecule has 11 heteroatoms. The predicted molar refractivity (Wildman–Crippen MR) is 134 cm³/mol. The maximum absolute atomic E-state index is 12.3. The molecule has 0 aliphatic heterocycles. The Morgan fingerprint density at radius 3 is 2.56 bits per heavy atom. The molecule has 0 saturated carbocycles. The van der Waals surface area contributed by atoms with Crippen LogP contribution >= 0.6 is 31.9 Å². The number of hydrogen-bond acceptors (Lipinski definition) is 7. The van der Waals surface area contributed by atoms with Crippen LogP contribution in [0.15, 0.2) is 68.6 Å². The number of carbonyl (C=O) groups is 1. The number of nitrogens with one attached hydrogen (secondary N) is 1. The number of non-ortho nitro benzene ring substituents is 1. The molecule has 0 aliphatic carbocycles. The van der Waals surface area contributed by atoms with E-state index in [1.54, 1.807) is 30.3 Å². The number of amides is 1. The van der Waals surface area contributed by atoms with Crippen LogP contribution in [0.1, 0.15) is 28.4 Å². The first-order valence-corrected chi connectivity index (χ1v) is 11.5. The molecule has 0 spiro atoms. The maximum atomic E-state index is 12.3. The largest absolute Gasteiger partial charge is 0.507 e. The topological polar surface area (TPSA) is 123 Å². The number of phenolic OH excluding ortho intramolecular Hbond substituents is 1. The lowest BCUT2D eigenvalue weighted by atomic mass is 10.2. The zero-order valence-corrected chi connectivity index (χ0v) is 21.0. The van der Waals surface area contributed by atoms with E-state index in [0.29, 0.717) is 32.6 Å². The fourth-order valence-corrected chi connectivity index (χ4v) is 3.79. The number of halogens is 2. The minimum atomic E-state index is -0.567. The molecular weight excluding hydrogens is 574 g/mol. The van der Waals surface area contributed by atoms with E-state index in [1.807, 2.05) is 6.92 Å². The number of hydrogen-bond donors (Lipinski definition) is 2. The second-order valence-corrected chi connectivity index (χ2v) is 8.61. The van der Waals surface area contributed by atoms with Crippen molar-refractivity contribution in [2.75, 3.05) is 6.61 Å². The van der Waals surface area contributed by atoms with E-state index in [4.69, 9.17) is 9.47 Å². The summed E-state index contributed by atoms with van der Waals surface area (Å²) in [6.45, 7) is 2.40. The number of nitrogens with zero attached hydrogens (tertiary/aromatic N) is 2. The van der Waals surface area contributed by atoms with Crippen molar-refractivity contribution in [2.45, 2.75) is 13.5 Å². The van der Waals surface area contributed by atoms with E-state index in [1.165, 1.54) is 30.5 Å². The quantitative estimate of drug-likeness (QED) is 0.190. The van der Waals surface area contributed by atoms with Gasteiger partial charge < -0.3 is 14.6 Å². The van der Waals surface area contributed by atoms with E-state index < -0.39 is 10.8 Å². The van der Waals surface area contributed by atoms with E-state index in [0.717, 1.165) is 5.56 Å². The first-order chi connectivity index (χ1) is 16.3. The second-order valence-electron chi connectivity index (χ2n) is 6.84. The van der Waals surface area contributed by atoms with E-state index in [9.17, 15) is 20.0 Å². The van der Waals surface area contributed by atoms with Crippen LogP contribution in [0.3, 0.4) is 0 Å². The van der Waals surface area contributed by atoms with Crippen LogP contribution in [-0.2, 0) is 6.61 Å². The van der Waals surface area contributed by atoms with Crippen molar-refractivity contribution in [2.24, 2.45) is 5.10 Å². The third kappa shape index (κ3) is 6.55. The van der Waals surface area contributed by atoms with E-state index in [2.05, 4.69) is 42.4 Å². The molecule has 0 atom stereocenters. The Kier molecular flexibility index (Phi) is 8.61. The lowest BCUT2D eigenvalue weighted by Crippen LogP contribution is -2.17. The maximum Gasteiger partial charge on any atom is 0.275 e. The molecule has 0 saturated heterocycles. The average molecular weight is 593 g/mol. The Bertz CT molecular complexity index is 1230. The van der Waals surface area contributed by atoms with Gasteiger partial charge in [-0.15, -0.1) is 0 Å². The summed E-state index contributed by atoms with van der Waals surface area (Å²) in [6, 6.07) is 14.0. The van der Waals surface area contributed by atoms with Gasteiger partial charge in [-0.3, -0.25) is 14.9 Å². The Balaban J connectivity index is 1.72. The normalized spacial score (nSPS) is 10.8. The van der Waals surface area contributed by atoms with Crippen LogP contribution < -0.4 is 14.9 Å². The number of aromatic hydroxyl groups is 1. The van der Waals surface area contributed by atoms with Gasteiger partial charge in [0.1, 0.15) is 12.4 Å². The molecule has 176 valence electrons. The van der Waals surface area contributed by atoms with Crippen molar-refractivity contribution in [3.8, 4) is 17.2 Å². The van der Waals surface area contributed by atoms with Crippen LogP contribution in [0.5, 0.6) is 17.2 Å². The first-order valence-electron chi connectivity index (χ1n) is 9.93. The number of benzene rings is 3. The third-order valence-corrected chi connectivity index (χ3v) is 5.53. The molecule has 9 nitrogen and oxygen atoms in total. The Hall–Kier alpha value is -3.44. The Labute approximate surface area is 211 Å². The zero-order chi connectivity index (χ0) is 24.7. The molecule has 0 heterocycles. The van der Waals surface area contributed by atoms with Crippen LogP contribution in [0.4, 0.5) is 5.69 Å². The van der Waals surface area contributed by atoms with Gasteiger partial charge in [-0.1, -0.05) is 15.9 Å². The summed E-state index contributed by atoms with van der Waals surface area (Å²) >= 11 is 6.72. The summed E-state index contributed by atoms with van der Waals surface area (Å²) in [5, 5.41) is 24.6. The van der Waals surface area contributed by atoms with Crippen LogP contribution in [0.2, 0.25) is 0 Å². The molecule has 3 rings (SSSR count). The van der Waals surface area contributed by atoms with Gasteiger partial charge in [0.15, 0.2) is 11.5 Å². The predicted octanol–water partition coefficient (Wildman–Crippen LogP) is 5.57. The highest BCUT2D eigenvalue weighted by atomic mass is 79.9. The Morgan fingerprint density at radius 1 is 1.15 bits per heavy atom. The molecule has 0 aliphatic rings. The number of rotatable bonds is 9.